The summed E-state index contributed by atoms with van der Waals surface area (Å²) in [6.07, 6.45) is 6.39. The minimum Gasteiger partial charge on any atom is -0.370 e. The van der Waals surface area contributed by atoms with Gasteiger partial charge in [-0.05, 0) is 61.1 Å². The van der Waals surface area contributed by atoms with E-state index in [-0.39, 0.29) is 18.2 Å². The number of nitrogens with one attached hydrogen (secondary N) is 2. The van der Waals surface area contributed by atoms with Gasteiger partial charge in [0.25, 0.3) is 0 Å². The largest absolute Gasteiger partial charge is 0.370 e. The Bertz CT molecular complexity index is 1090. The first kappa shape index (κ1) is 27.7. The molecule has 1 aliphatic carbocycles. The Balaban J connectivity index is 1.59. The van der Waals surface area contributed by atoms with Crippen LogP contribution in [0.25, 0.3) is 0 Å². The molecule has 0 aromatic heterocycles. The van der Waals surface area contributed by atoms with Crippen LogP contribution in [0.3, 0.4) is 0 Å². The number of anilines is 1. The van der Waals surface area contributed by atoms with E-state index in [0.717, 1.165) is 48.8 Å². The molecule has 0 spiro atoms. The van der Waals surface area contributed by atoms with Gasteiger partial charge in [0.15, 0.2) is 5.96 Å². The Morgan fingerprint density at radius 3 is 2.59 bits per heavy atom. The average Bonchev–Trinajstić information content (AvgIpc) is 3.07. The number of hydrogen-bond donors (Lipinski definition) is 3. The monoisotopic (exact) mass is 543 g/mol. The molecule has 2 fully saturated rings. The van der Waals surface area contributed by atoms with Crippen LogP contribution in [0, 0.1) is 5.92 Å². The Labute approximate surface area is 231 Å². The molecule has 1 saturated heterocycles. The molecule has 0 bridgehead atoms. The molecule has 8 heteroatoms. The molecule has 2 aromatic carbocycles. The van der Waals surface area contributed by atoms with E-state index in [1.54, 1.807) is 12.1 Å². The van der Waals surface area contributed by atoms with Crippen molar-refractivity contribution in [3.05, 3.63) is 63.6 Å². The second kappa shape index (κ2) is 13.0. The summed E-state index contributed by atoms with van der Waals surface area (Å²) in [5.41, 5.74) is 8.38. The summed E-state index contributed by atoms with van der Waals surface area (Å²) in [6, 6.07) is 14.3. The lowest BCUT2D eigenvalue weighted by Gasteiger charge is -2.35. The molecule has 1 aliphatic heterocycles. The quantitative estimate of drug-likeness (QED) is 0.236. The Morgan fingerprint density at radius 2 is 1.89 bits per heavy atom. The molecule has 0 radical (unpaired) electrons. The number of rotatable bonds is 6. The fourth-order valence-electron chi connectivity index (χ4n) is 5.46. The van der Waals surface area contributed by atoms with Crippen LogP contribution in [0.1, 0.15) is 69.4 Å². The van der Waals surface area contributed by atoms with E-state index in [1.165, 1.54) is 25.7 Å². The molecular formula is C29H39Cl2N5O. The SMILES string of the molecule is C[C@@H]1CCCCC[C@H]1N=C(Nc1ccc(C(CC(N)=O)c2ccc(Cl)cc2Cl)cc1)N1CCN[C@@H](C)C1. The third-order valence-electron chi connectivity index (χ3n) is 7.59. The minimum absolute atomic E-state index is 0.166. The molecule has 1 amide bonds. The van der Waals surface area contributed by atoms with Crippen molar-refractivity contribution in [3.63, 3.8) is 0 Å². The summed E-state index contributed by atoms with van der Waals surface area (Å²) in [4.78, 5) is 19.6. The first-order chi connectivity index (χ1) is 17.8. The Hall–Kier alpha value is -2.28. The molecule has 4 N–H and O–H groups in total. The highest BCUT2D eigenvalue weighted by Crippen LogP contribution is 2.35. The number of piperazine rings is 1. The van der Waals surface area contributed by atoms with Gasteiger partial charge in [0, 0.05) is 53.7 Å². The molecular weight excluding hydrogens is 505 g/mol. The summed E-state index contributed by atoms with van der Waals surface area (Å²) < 4.78 is 0. The fourth-order valence-corrected chi connectivity index (χ4v) is 6.00. The highest BCUT2D eigenvalue weighted by molar-refractivity contribution is 6.35. The number of amides is 1. The average molecular weight is 545 g/mol. The standard InChI is InChI=1S/C29H39Cl2N5O/c1-19-6-4-3-5-7-27(19)35-29(36-15-14-33-20(2)18-36)34-23-11-8-21(9-12-23)25(17-28(32)37)24-13-10-22(30)16-26(24)31/h8-13,16,19-20,25,27,33H,3-7,14-15,17-18H2,1-2H3,(H2,32,37)(H,34,35)/t19-,20+,25?,27-/m1/s1. The van der Waals surface area contributed by atoms with Gasteiger partial charge in [-0.15, -0.1) is 0 Å². The van der Waals surface area contributed by atoms with E-state index in [2.05, 4.69) is 29.4 Å². The lowest BCUT2D eigenvalue weighted by Crippen LogP contribution is -2.53. The minimum atomic E-state index is -0.377. The number of carbonyl (C=O) groups excluding carboxylic acids is 1. The van der Waals surface area contributed by atoms with Crippen LogP contribution in [0.4, 0.5) is 5.69 Å². The summed E-state index contributed by atoms with van der Waals surface area (Å²) in [6.45, 7) is 7.34. The number of hydrogen-bond acceptors (Lipinski definition) is 3. The van der Waals surface area contributed by atoms with Crippen molar-refractivity contribution in [3.8, 4) is 0 Å². The van der Waals surface area contributed by atoms with Gasteiger partial charge < -0.3 is 21.3 Å². The van der Waals surface area contributed by atoms with E-state index in [1.807, 2.05) is 30.3 Å². The number of nitrogens with two attached hydrogens (primary N) is 1. The van der Waals surface area contributed by atoms with Crippen molar-refractivity contribution in [2.75, 3.05) is 25.0 Å². The molecule has 2 aliphatic rings. The number of aliphatic imine (C=N–C) groups is 1. The van der Waals surface area contributed by atoms with Gasteiger partial charge in [-0.2, -0.15) is 0 Å². The Morgan fingerprint density at radius 1 is 1.14 bits per heavy atom. The van der Waals surface area contributed by atoms with Crippen LogP contribution in [0.15, 0.2) is 47.5 Å². The smallest absolute Gasteiger partial charge is 0.218 e. The lowest BCUT2D eigenvalue weighted by atomic mass is 9.88. The first-order valence-electron chi connectivity index (χ1n) is 13.5. The maximum absolute atomic E-state index is 11.9. The van der Waals surface area contributed by atoms with Gasteiger partial charge in [0.05, 0.1) is 6.04 Å². The van der Waals surface area contributed by atoms with Crippen molar-refractivity contribution in [1.82, 2.24) is 10.2 Å². The molecule has 1 unspecified atom stereocenters. The van der Waals surface area contributed by atoms with Crippen LogP contribution in [-0.2, 0) is 4.79 Å². The zero-order chi connectivity index (χ0) is 26.4. The van der Waals surface area contributed by atoms with Crippen LogP contribution >= 0.6 is 23.2 Å². The summed E-state index contributed by atoms with van der Waals surface area (Å²) in [5.74, 6) is 0.915. The number of guanidine groups is 1. The molecule has 4 atom stereocenters. The van der Waals surface area contributed by atoms with Crippen LogP contribution in [0.2, 0.25) is 10.0 Å². The zero-order valence-corrected chi connectivity index (χ0v) is 23.4. The third kappa shape index (κ3) is 7.62. The molecule has 200 valence electrons. The summed E-state index contributed by atoms with van der Waals surface area (Å²) >= 11 is 12.6. The van der Waals surface area contributed by atoms with Gasteiger partial charge in [-0.1, -0.05) is 67.6 Å². The van der Waals surface area contributed by atoms with Gasteiger partial charge in [0.1, 0.15) is 0 Å². The highest BCUT2D eigenvalue weighted by atomic mass is 35.5. The first-order valence-corrected chi connectivity index (χ1v) is 14.2. The van der Waals surface area contributed by atoms with Crippen molar-refractivity contribution >= 4 is 40.8 Å². The van der Waals surface area contributed by atoms with Gasteiger partial charge in [0.2, 0.25) is 5.91 Å². The summed E-state index contributed by atoms with van der Waals surface area (Å²) in [7, 11) is 0. The highest BCUT2D eigenvalue weighted by Gasteiger charge is 2.25. The van der Waals surface area contributed by atoms with E-state index in [9.17, 15) is 4.79 Å². The number of carbonyl (C=O) groups is 1. The van der Waals surface area contributed by atoms with E-state index >= 15 is 0 Å². The predicted molar refractivity (Wildman–Crippen MR) is 155 cm³/mol. The molecule has 4 rings (SSSR count). The number of benzene rings is 2. The lowest BCUT2D eigenvalue weighted by molar-refractivity contribution is -0.118. The molecule has 1 heterocycles. The third-order valence-corrected chi connectivity index (χ3v) is 8.15. The second-order valence-corrected chi connectivity index (χ2v) is 11.4. The normalized spacial score (nSPS) is 23.8. The van der Waals surface area contributed by atoms with Crippen molar-refractivity contribution < 1.29 is 4.79 Å². The van der Waals surface area contributed by atoms with Gasteiger partial charge >= 0.3 is 0 Å². The number of nitrogens with zero attached hydrogens (tertiary/aromatic N) is 2. The Kier molecular flexibility index (Phi) is 9.74. The number of halogens is 2. The van der Waals surface area contributed by atoms with Crippen molar-refractivity contribution in [1.29, 1.82) is 0 Å². The van der Waals surface area contributed by atoms with E-state index < -0.39 is 0 Å². The van der Waals surface area contributed by atoms with Crippen molar-refractivity contribution in [2.45, 2.75) is 70.4 Å². The van der Waals surface area contributed by atoms with Gasteiger partial charge in [-0.25, -0.2) is 4.99 Å². The van der Waals surface area contributed by atoms with Crippen molar-refractivity contribution in [2.24, 2.45) is 16.6 Å². The second-order valence-electron chi connectivity index (χ2n) is 10.6. The predicted octanol–water partition coefficient (Wildman–Crippen LogP) is 6.03. The van der Waals surface area contributed by atoms with Crippen LogP contribution in [-0.4, -0.2) is 48.5 Å². The van der Waals surface area contributed by atoms with E-state index in [4.69, 9.17) is 33.9 Å². The van der Waals surface area contributed by atoms with E-state index in [0.29, 0.717) is 28.0 Å². The maximum atomic E-state index is 11.9. The molecule has 1 saturated carbocycles. The van der Waals surface area contributed by atoms with Crippen LogP contribution in [0.5, 0.6) is 0 Å². The number of primary amides is 1. The summed E-state index contributed by atoms with van der Waals surface area (Å²) in [5, 5.41) is 8.25. The molecule has 2 aromatic rings. The van der Waals surface area contributed by atoms with Crippen LogP contribution < -0.4 is 16.4 Å². The molecule has 6 nitrogen and oxygen atoms in total. The topological polar surface area (TPSA) is 82.7 Å². The van der Waals surface area contributed by atoms with Gasteiger partial charge in [-0.3, -0.25) is 4.79 Å². The maximum Gasteiger partial charge on any atom is 0.218 e. The fraction of sp³-hybridized carbons (Fsp3) is 0.517. The zero-order valence-electron chi connectivity index (χ0n) is 21.9. The molecule has 37 heavy (non-hydrogen) atoms.